The average molecular weight is 276 g/mol. The lowest BCUT2D eigenvalue weighted by Gasteiger charge is -2.31. The van der Waals surface area contributed by atoms with Crippen LogP contribution in [0, 0.1) is 0 Å². The summed E-state index contributed by atoms with van der Waals surface area (Å²) in [6.07, 6.45) is 5.51. The number of hydrogen-bond acceptors (Lipinski definition) is 3. The maximum Gasteiger partial charge on any atom is 0.271 e. The van der Waals surface area contributed by atoms with E-state index >= 15 is 0 Å². The molecule has 0 aromatic carbocycles. The maximum absolute atomic E-state index is 12.0. The molecule has 2 N–H and O–H groups in total. The number of hydrogen-bond donors (Lipinski definition) is 2. The minimum atomic E-state index is -0.0128. The third-order valence-electron chi connectivity index (χ3n) is 4.33. The van der Waals surface area contributed by atoms with Crippen molar-refractivity contribution in [2.75, 3.05) is 26.2 Å². The van der Waals surface area contributed by atoms with Gasteiger partial charge in [0.1, 0.15) is 11.5 Å². The second-order valence-corrected chi connectivity index (χ2v) is 5.95. The Balaban J connectivity index is 1.77. The molecule has 0 bridgehead atoms. The fourth-order valence-corrected chi connectivity index (χ4v) is 3.34. The topological polar surface area (TPSA) is 61.0 Å². The number of rotatable bonds is 3. The number of imidazole rings is 1. The van der Waals surface area contributed by atoms with Crippen LogP contribution >= 0.6 is 0 Å². The molecular weight excluding hydrogens is 252 g/mol. The standard InChI is InChI=1S/C15H24N4O/c1-2-8-19-9-4-5-11(10-19)14-17-12-6-3-7-16-15(20)13(12)18-14/h11H,2-10H2,1H3,(H,16,20)(H,17,18). The molecule has 0 spiro atoms. The van der Waals surface area contributed by atoms with Crippen LogP contribution in [-0.2, 0) is 6.42 Å². The van der Waals surface area contributed by atoms with Gasteiger partial charge in [0.25, 0.3) is 5.91 Å². The maximum atomic E-state index is 12.0. The predicted molar refractivity (Wildman–Crippen MR) is 77.9 cm³/mol. The van der Waals surface area contributed by atoms with Gasteiger partial charge in [0, 0.05) is 24.7 Å². The van der Waals surface area contributed by atoms with Gasteiger partial charge in [0.2, 0.25) is 0 Å². The van der Waals surface area contributed by atoms with Gasteiger partial charge in [0.15, 0.2) is 0 Å². The molecule has 1 atom stereocenters. The molecular formula is C15H24N4O. The van der Waals surface area contributed by atoms with Gasteiger partial charge in [-0.05, 0) is 45.2 Å². The Morgan fingerprint density at radius 2 is 2.30 bits per heavy atom. The molecule has 110 valence electrons. The highest BCUT2D eigenvalue weighted by molar-refractivity contribution is 5.93. The summed E-state index contributed by atoms with van der Waals surface area (Å²) in [7, 11) is 0. The van der Waals surface area contributed by atoms with Gasteiger partial charge in [-0.1, -0.05) is 6.92 Å². The number of carbonyl (C=O) groups is 1. The zero-order valence-corrected chi connectivity index (χ0v) is 12.2. The highest BCUT2D eigenvalue weighted by atomic mass is 16.1. The van der Waals surface area contributed by atoms with E-state index in [-0.39, 0.29) is 5.91 Å². The van der Waals surface area contributed by atoms with E-state index in [2.05, 4.69) is 27.1 Å². The SMILES string of the molecule is CCCN1CCCC(c2nc3c([nH]2)CCCNC3=O)C1. The fourth-order valence-electron chi connectivity index (χ4n) is 3.34. The van der Waals surface area contributed by atoms with Crippen LogP contribution < -0.4 is 5.32 Å². The number of amides is 1. The summed E-state index contributed by atoms with van der Waals surface area (Å²) < 4.78 is 0. The minimum Gasteiger partial charge on any atom is -0.351 e. The number of H-pyrrole nitrogens is 1. The van der Waals surface area contributed by atoms with E-state index in [0.717, 1.165) is 44.0 Å². The molecule has 2 aliphatic rings. The van der Waals surface area contributed by atoms with Crippen molar-refractivity contribution < 1.29 is 4.79 Å². The van der Waals surface area contributed by atoms with Crippen molar-refractivity contribution in [1.82, 2.24) is 20.2 Å². The van der Waals surface area contributed by atoms with Crippen molar-refractivity contribution in [3.63, 3.8) is 0 Å². The number of aromatic amines is 1. The Morgan fingerprint density at radius 1 is 1.40 bits per heavy atom. The Kier molecular flexibility index (Phi) is 4.05. The average Bonchev–Trinajstić information content (AvgIpc) is 2.81. The molecule has 1 aromatic rings. The molecule has 3 heterocycles. The van der Waals surface area contributed by atoms with E-state index in [1.54, 1.807) is 0 Å². The number of nitrogens with one attached hydrogen (secondary N) is 2. The quantitative estimate of drug-likeness (QED) is 0.883. The van der Waals surface area contributed by atoms with Gasteiger partial charge >= 0.3 is 0 Å². The first-order valence-electron chi connectivity index (χ1n) is 7.87. The Hall–Kier alpha value is -1.36. The third-order valence-corrected chi connectivity index (χ3v) is 4.33. The van der Waals surface area contributed by atoms with E-state index < -0.39 is 0 Å². The molecule has 1 amide bonds. The first kappa shape index (κ1) is 13.6. The number of aryl methyl sites for hydroxylation is 1. The molecule has 20 heavy (non-hydrogen) atoms. The predicted octanol–water partition coefficient (Wildman–Crippen LogP) is 1.68. The number of piperidine rings is 1. The van der Waals surface area contributed by atoms with Crippen LogP contribution in [0.1, 0.15) is 60.5 Å². The van der Waals surface area contributed by atoms with Crippen LogP contribution in [0.3, 0.4) is 0 Å². The Morgan fingerprint density at radius 3 is 3.15 bits per heavy atom. The van der Waals surface area contributed by atoms with Gasteiger partial charge in [0.05, 0.1) is 0 Å². The molecule has 0 radical (unpaired) electrons. The molecule has 1 fully saturated rings. The summed E-state index contributed by atoms with van der Waals surface area (Å²) in [5.74, 6) is 1.46. The lowest BCUT2D eigenvalue weighted by Crippen LogP contribution is -2.35. The first-order chi connectivity index (χ1) is 9.78. The van der Waals surface area contributed by atoms with Crippen LogP contribution in [0.4, 0.5) is 0 Å². The highest BCUT2D eigenvalue weighted by Gasteiger charge is 2.27. The molecule has 0 saturated carbocycles. The van der Waals surface area contributed by atoms with E-state index in [4.69, 9.17) is 0 Å². The van der Waals surface area contributed by atoms with E-state index in [1.807, 2.05) is 0 Å². The Labute approximate surface area is 120 Å². The van der Waals surface area contributed by atoms with Crippen LogP contribution in [0.5, 0.6) is 0 Å². The van der Waals surface area contributed by atoms with Crippen molar-refractivity contribution in [3.8, 4) is 0 Å². The lowest BCUT2D eigenvalue weighted by molar-refractivity contribution is 0.0951. The summed E-state index contributed by atoms with van der Waals surface area (Å²) in [5, 5.41) is 2.91. The zero-order chi connectivity index (χ0) is 13.9. The van der Waals surface area contributed by atoms with Gasteiger partial charge in [-0.2, -0.15) is 0 Å². The molecule has 1 unspecified atom stereocenters. The number of fused-ring (bicyclic) bond motifs is 1. The van der Waals surface area contributed by atoms with E-state index in [0.29, 0.717) is 11.6 Å². The summed E-state index contributed by atoms with van der Waals surface area (Å²) in [6, 6.07) is 0. The first-order valence-corrected chi connectivity index (χ1v) is 7.87. The van der Waals surface area contributed by atoms with Crippen molar-refractivity contribution in [2.24, 2.45) is 0 Å². The fraction of sp³-hybridized carbons (Fsp3) is 0.733. The Bertz CT molecular complexity index is 480. The zero-order valence-electron chi connectivity index (χ0n) is 12.2. The number of nitrogens with zero attached hydrogens (tertiary/aromatic N) is 2. The second-order valence-electron chi connectivity index (χ2n) is 5.95. The van der Waals surface area contributed by atoms with E-state index in [9.17, 15) is 4.79 Å². The molecule has 5 nitrogen and oxygen atoms in total. The van der Waals surface area contributed by atoms with Gasteiger partial charge in [-0.25, -0.2) is 4.98 Å². The van der Waals surface area contributed by atoms with Gasteiger partial charge < -0.3 is 15.2 Å². The minimum absolute atomic E-state index is 0.0128. The monoisotopic (exact) mass is 276 g/mol. The number of carbonyl (C=O) groups excluding carboxylic acids is 1. The van der Waals surface area contributed by atoms with Crippen LogP contribution in [-0.4, -0.2) is 47.0 Å². The van der Waals surface area contributed by atoms with Crippen molar-refractivity contribution in [3.05, 3.63) is 17.2 Å². The third kappa shape index (κ3) is 2.73. The van der Waals surface area contributed by atoms with Gasteiger partial charge in [-0.15, -0.1) is 0 Å². The molecule has 1 aromatic heterocycles. The highest BCUT2D eigenvalue weighted by Crippen LogP contribution is 2.26. The smallest absolute Gasteiger partial charge is 0.271 e. The molecule has 1 saturated heterocycles. The van der Waals surface area contributed by atoms with Crippen molar-refractivity contribution in [1.29, 1.82) is 0 Å². The second kappa shape index (κ2) is 5.95. The van der Waals surface area contributed by atoms with Gasteiger partial charge in [-0.3, -0.25) is 4.79 Å². The summed E-state index contributed by atoms with van der Waals surface area (Å²) in [5.41, 5.74) is 1.66. The summed E-state index contributed by atoms with van der Waals surface area (Å²) >= 11 is 0. The largest absolute Gasteiger partial charge is 0.351 e. The van der Waals surface area contributed by atoms with Crippen LogP contribution in [0.15, 0.2) is 0 Å². The molecule has 3 rings (SSSR count). The normalized spacial score (nSPS) is 24.1. The van der Waals surface area contributed by atoms with Crippen LogP contribution in [0.25, 0.3) is 0 Å². The summed E-state index contributed by atoms with van der Waals surface area (Å²) in [6.45, 7) is 6.42. The van der Waals surface area contributed by atoms with E-state index in [1.165, 1.54) is 25.8 Å². The number of aromatic nitrogens is 2. The molecule has 2 aliphatic heterocycles. The van der Waals surface area contributed by atoms with Crippen molar-refractivity contribution in [2.45, 2.75) is 44.9 Å². The lowest BCUT2D eigenvalue weighted by atomic mass is 9.97. The van der Waals surface area contributed by atoms with Crippen LogP contribution in [0.2, 0.25) is 0 Å². The summed E-state index contributed by atoms with van der Waals surface area (Å²) in [4.78, 5) is 22.5. The number of likely N-dealkylation sites (tertiary alicyclic amines) is 1. The molecule has 0 aliphatic carbocycles. The van der Waals surface area contributed by atoms with Crippen molar-refractivity contribution >= 4 is 5.91 Å². The molecule has 5 heteroatoms.